The number of rotatable bonds is 8. The third-order valence-electron chi connectivity index (χ3n) is 5.86. The Morgan fingerprint density at radius 2 is 1.70 bits per heavy atom. The predicted octanol–water partition coefficient (Wildman–Crippen LogP) is 3.20. The highest BCUT2D eigenvalue weighted by molar-refractivity contribution is 7.89. The van der Waals surface area contributed by atoms with Gasteiger partial charge in [0.25, 0.3) is 5.91 Å². The number of carbonyl (C=O) groups is 1. The number of benzene rings is 2. The molecule has 0 bridgehead atoms. The number of nitrogens with one attached hydrogen (secondary N) is 1. The lowest BCUT2D eigenvalue weighted by Gasteiger charge is -2.42. The van der Waals surface area contributed by atoms with Crippen LogP contribution in [0.4, 0.5) is 0 Å². The first-order valence-corrected chi connectivity index (χ1v) is 12.0. The van der Waals surface area contributed by atoms with Crippen LogP contribution in [0.3, 0.4) is 0 Å². The smallest absolute Gasteiger partial charge is 0.255 e. The molecule has 0 unspecified atom stereocenters. The summed E-state index contributed by atoms with van der Waals surface area (Å²) in [6.45, 7) is 3.24. The molecule has 3 rings (SSSR count). The van der Waals surface area contributed by atoms with E-state index in [4.69, 9.17) is 4.74 Å². The molecule has 0 radical (unpaired) electrons. The summed E-state index contributed by atoms with van der Waals surface area (Å²) < 4.78 is 31.9. The molecule has 1 N–H and O–H groups in total. The van der Waals surface area contributed by atoms with E-state index in [2.05, 4.69) is 17.4 Å². The molecule has 1 fully saturated rings. The minimum atomic E-state index is -3.22. The van der Waals surface area contributed by atoms with Crippen LogP contribution in [-0.2, 0) is 15.4 Å². The van der Waals surface area contributed by atoms with E-state index in [0.717, 1.165) is 5.56 Å². The van der Waals surface area contributed by atoms with Gasteiger partial charge >= 0.3 is 0 Å². The molecule has 2 aromatic carbocycles. The first-order valence-electron chi connectivity index (χ1n) is 10.4. The van der Waals surface area contributed by atoms with E-state index in [-0.39, 0.29) is 17.1 Å². The Morgan fingerprint density at radius 3 is 2.33 bits per heavy atom. The lowest BCUT2D eigenvalue weighted by atomic mass is 9.73. The summed E-state index contributed by atoms with van der Waals surface area (Å²) in [4.78, 5) is 12.9. The first-order chi connectivity index (χ1) is 14.4. The maximum Gasteiger partial charge on any atom is 0.255 e. The Hall–Kier alpha value is -2.38. The van der Waals surface area contributed by atoms with Crippen molar-refractivity contribution in [1.82, 2.24) is 9.62 Å². The van der Waals surface area contributed by atoms with E-state index in [9.17, 15) is 13.2 Å². The van der Waals surface area contributed by atoms with E-state index < -0.39 is 10.0 Å². The highest BCUT2D eigenvalue weighted by Gasteiger charge is 2.39. The molecule has 30 heavy (non-hydrogen) atoms. The van der Waals surface area contributed by atoms with Gasteiger partial charge in [-0.3, -0.25) is 4.79 Å². The third-order valence-corrected chi connectivity index (χ3v) is 7.94. The standard InChI is InChI=1S/C23H30N2O4S/c1-3-17-30(27,28)25-15-13-23(14-16-25,19-9-5-4-6-10-19)18-24-22(26)20-11-7-8-12-21(20)29-2/h4-12H,3,13-18H2,1-2H3,(H,24,26). The van der Waals surface area contributed by atoms with Crippen LogP contribution in [0, 0.1) is 0 Å². The Labute approximate surface area is 179 Å². The fourth-order valence-electron chi connectivity index (χ4n) is 4.12. The average molecular weight is 431 g/mol. The number of para-hydroxylation sites is 1. The van der Waals surface area contributed by atoms with Gasteiger partial charge in [-0.25, -0.2) is 12.7 Å². The number of amides is 1. The van der Waals surface area contributed by atoms with Crippen molar-refractivity contribution in [3.05, 3.63) is 65.7 Å². The molecule has 0 aromatic heterocycles. The second kappa shape index (κ2) is 9.62. The van der Waals surface area contributed by atoms with Crippen molar-refractivity contribution in [1.29, 1.82) is 0 Å². The van der Waals surface area contributed by atoms with Crippen LogP contribution in [-0.4, -0.2) is 51.1 Å². The predicted molar refractivity (Wildman–Crippen MR) is 118 cm³/mol. The molecule has 1 aliphatic rings. The number of methoxy groups -OCH3 is 1. The van der Waals surface area contributed by atoms with Gasteiger partial charge in [-0.1, -0.05) is 49.4 Å². The Balaban J connectivity index is 1.79. The maximum absolute atomic E-state index is 12.9. The lowest BCUT2D eigenvalue weighted by molar-refractivity contribution is 0.0930. The van der Waals surface area contributed by atoms with Crippen molar-refractivity contribution >= 4 is 15.9 Å². The van der Waals surface area contributed by atoms with Gasteiger partial charge in [-0.2, -0.15) is 0 Å². The zero-order valence-corrected chi connectivity index (χ0v) is 18.5. The van der Waals surface area contributed by atoms with E-state index in [1.54, 1.807) is 23.5 Å². The Morgan fingerprint density at radius 1 is 1.07 bits per heavy atom. The van der Waals surface area contributed by atoms with Crippen molar-refractivity contribution in [3.8, 4) is 5.75 Å². The van der Waals surface area contributed by atoms with Gasteiger partial charge in [-0.15, -0.1) is 0 Å². The third kappa shape index (κ3) is 4.84. The van der Waals surface area contributed by atoms with Gasteiger partial charge < -0.3 is 10.1 Å². The summed E-state index contributed by atoms with van der Waals surface area (Å²) in [6.07, 6.45) is 1.93. The number of nitrogens with zero attached hydrogens (tertiary/aromatic N) is 1. The number of hydrogen-bond donors (Lipinski definition) is 1. The van der Waals surface area contributed by atoms with Gasteiger partial charge in [0.1, 0.15) is 5.75 Å². The van der Waals surface area contributed by atoms with E-state index in [0.29, 0.717) is 50.2 Å². The second-order valence-corrected chi connectivity index (χ2v) is 9.83. The van der Waals surface area contributed by atoms with Crippen LogP contribution in [0.2, 0.25) is 0 Å². The number of piperidine rings is 1. The molecule has 1 amide bonds. The molecular weight excluding hydrogens is 400 g/mol. The van der Waals surface area contributed by atoms with Gasteiger partial charge in [0.2, 0.25) is 10.0 Å². The molecule has 1 aliphatic heterocycles. The van der Waals surface area contributed by atoms with Crippen LogP contribution in [0.5, 0.6) is 5.75 Å². The van der Waals surface area contributed by atoms with Crippen molar-refractivity contribution < 1.29 is 17.9 Å². The van der Waals surface area contributed by atoms with Gasteiger partial charge in [0.15, 0.2) is 0 Å². The highest BCUT2D eigenvalue weighted by atomic mass is 32.2. The number of ether oxygens (including phenoxy) is 1. The van der Waals surface area contributed by atoms with Crippen LogP contribution >= 0.6 is 0 Å². The van der Waals surface area contributed by atoms with Crippen LogP contribution < -0.4 is 10.1 Å². The zero-order valence-electron chi connectivity index (χ0n) is 17.6. The lowest BCUT2D eigenvalue weighted by Crippen LogP contribution is -2.50. The number of sulfonamides is 1. The summed E-state index contributed by atoms with van der Waals surface area (Å²) in [5, 5.41) is 3.07. The van der Waals surface area contributed by atoms with Crippen LogP contribution in [0.25, 0.3) is 0 Å². The summed E-state index contributed by atoms with van der Waals surface area (Å²) in [6, 6.07) is 17.2. The molecule has 1 heterocycles. The molecule has 162 valence electrons. The van der Waals surface area contributed by atoms with E-state index >= 15 is 0 Å². The topological polar surface area (TPSA) is 75.7 Å². The second-order valence-electron chi connectivity index (χ2n) is 7.74. The van der Waals surface area contributed by atoms with Crippen molar-refractivity contribution in [2.45, 2.75) is 31.6 Å². The molecule has 2 aromatic rings. The minimum absolute atomic E-state index is 0.176. The molecule has 0 saturated carbocycles. The normalized spacial score (nSPS) is 16.7. The van der Waals surface area contributed by atoms with Crippen molar-refractivity contribution in [2.24, 2.45) is 0 Å². The molecular formula is C23H30N2O4S. The molecule has 7 heteroatoms. The number of hydrogen-bond acceptors (Lipinski definition) is 4. The van der Waals surface area contributed by atoms with E-state index in [1.165, 1.54) is 0 Å². The van der Waals surface area contributed by atoms with Crippen molar-refractivity contribution in [2.75, 3.05) is 32.5 Å². The molecule has 6 nitrogen and oxygen atoms in total. The molecule has 0 aliphatic carbocycles. The van der Waals surface area contributed by atoms with Crippen LogP contribution in [0.1, 0.15) is 42.1 Å². The van der Waals surface area contributed by atoms with Gasteiger partial charge in [0, 0.05) is 25.0 Å². The number of carbonyl (C=O) groups excluding carboxylic acids is 1. The summed E-state index contributed by atoms with van der Waals surface area (Å²) in [7, 11) is -1.67. The Bertz CT molecular complexity index is 952. The van der Waals surface area contributed by atoms with Crippen molar-refractivity contribution in [3.63, 3.8) is 0 Å². The zero-order chi connectivity index (χ0) is 21.6. The molecule has 0 atom stereocenters. The molecule has 0 spiro atoms. The average Bonchev–Trinajstić information content (AvgIpc) is 2.78. The minimum Gasteiger partial charge on any atom is -0.496 e. The van der Waals surface area contributed by atoms with Crippen LogP contribution in [0.15, 0.2) is 54.6 Å². The summed E-state index contributed by atoms with van der Waals surface area (Å²) >= 11 is 0. The fourth-order valence-corrected chi connectivity index (χ4v) is 5.63. The summed E-state index contributed by atoms with van der Waals surface area (Å²) in [5.41, 5.74) is 1.31. The van der Waals surface area contributed by atoms with Gasteiger partial charge in [0.05, 0.1) is 18.4 Å². The fraction of sp³-hybridized carbons (Fsp3) is 0.435. The maximum atomic E-state index is 12.9. The monoisotopic (exact) mass is 430 g/mol. The van der Waals surface area contributed by atoms with Gasteiger partial charge in [-0.05, 0) is 37.0 Å². The van der Waals surface area contributed by atoms with E-state index in [1.807, 2.05) is 37.3 Å². The largest absolute Gasteiger partial charge is 0.496 e. The quantitative estimate of drug-likeness (QED) is 0.698. The SMILES string of the molecule is CCCS(=O)(=O)N1CCC(CNC(=O)c2ccccc2OC)(c2ccccc2)CC1. The highest BCUT2D eigenvalue weighted by Crippen LogP contribution is 2.36. The Kier molecular flexibility index (Phi) is 7.15. The molecule has 1 saturated heterocycles. The first kappa shape index (κ1) is 22.3. The summed E-state index contributed by atoms with van der Waals surface area (Å²) in [5.74, 6) is 0.517.